The van der Waals surface area contributed by atoms with E-state index in [1.165, 1.54) is 29.2 Å². The molecule has 2 aliphatic rings. The Morgan fingerprint density at radius 1 is 1.41 bits per heavy atom. The van der Waals surface area contributed by atoms with Crippen LogP contribution >= 0.6 is 11.8 Å². The van der Waals surface area contributed by atoms with Gasteiger partial charge in [-0.3, -0.25) is 0 Å². The van der Waals surface area contributed by atoms with Crippen molar-refractivity contribution >= 4 is 11.8 Å². The zero-order chi connectivity index (χ0) is 11.7. The van der Waals surface area contributed by atoms with Crippen LogP contribution in [0.1, 0.15) is 29.4 Å². The fraction of sp³-hybridized carbons (Fsp3) is 0.667. The van der Waals surface area contributed by atoms with Crippen LogP contribution in [0.15, 0.2) is 0 Å². The molecule has 1 atom stereocenters. The fourth-order valence-electron chi connectivity index (χ4n) is 2.46. The Balaban J connectivity index is 1.99. The third kappa shape index (κ3) is 2.13. The van der Waals surface area contributed by atoms with Crippen molar-refractivity contribution in [1.29, 1.82) is 0 Å². The normalized spacial score (nSPS) is 22.5. The van der Waals surface area contributed by atoms with Crippen LogP contribution in [0.5, 0.6) is 5.88 Å². The molecule has 2 N–H and O–H groups in total. The van der Waals surface area contributed by atoms with Gasteiger partial charge in [0.1, 0.15) is 5.82 Å². The summed E-state index contributed by atoms with van der Waals surface area (Å²) in [4.78, 5) is 9.19. The number of ether oxygens (including phenoxy) is 1. The van der Waals surface area contributed by atoms with Crippen LogP contribution in [-0.2, 0) is 12.8 Å². The Bertz CT molecular complexity index is 418. The van der Waals surface area contributed by atoms with Crippen molar-refractivity contribution in [3.63, 3.8) is 0 Å². The molecule has 2 aliphatic heterocycles. The third-order valence-electron chi connectivity index (χ3n) is 3.32. The number of hydrogen-bond donors (Lipinski definition) is 1. The lowest BCUT2D eigenvalue weighted by Gasteiger charge is -2.13. The van der Waals surface area contributed by atoms with Crippen molar-refractivity contribution in [1.82, 2.24) is 9.97 Å². The zero-order valence-electron chi connectivity index (χ0n) is 9.82. The number of nitrogens with two attached hydrogens (primary N) is 1. The van der Waals surface area contributed by atoms with Crippen LogP contribution in [-0.4, -0.2) is 34.6 Å². The molecule has 3 heterocycles. The van der Waals surface area contributed by atoms with E-state index in [9.17, 15) is 0 Å². The van der Waals surface area contributed by atoms with Crippen LogP contribution in [0, 0.1) is 0 Å². The second kappa shape index (κ2) is 4.82. The van der Waals surface area contributed by atoms with E-state index in [1.807, 2.05) is 11.8 Å². The molecule has 0 amide bonds. The Kier molecular flexibility index (Phi) is 3.20. The minimum Gasteiger partial charge on any atom is -0.477 e. The van der Waals surface area contributed by atoms with Crippen molar-refractivity contribution in [3.05, 3.63) is 17.1 Å². The van der Waals surface area contributed by atoms with E-state index in [2.05, 4.69) is 4.98 Å². The lowest BCUT2D eigenvalue weighted by molar-refractivity contribution is 0.343. The van der Waals surface area contributed by atoms with Gasteiger partial charge in [-0.15, -0.1) is 0 Å². The van der Waals surface area contributed by atoms with Gasteiger partial charge in [-0.05, 0) is 18.7 Å². The number of hydrogen-bond acceptors (Lipinski definition) is 5. The van der Waals surface area contributed by atoms with Crippen molar-refractivity contribution in [3.8, 4) is 5.88 Å². The molecule has 0 saturated carbocycles. The second-order valence-electron chi connectivity index (χ2n) is 4.51. The molecule has 1 saturated heterocycles. The van der Waals surface area contributed by atoms with Gasteiger partial charge in [0.15, 0.2) is 0 Å². The molecule has 1 fully saturated rings. The van der Waals surface area contributed by atoms with E-state index >= 15 is 0 Å². The van der Waals surface area contributed by atoms with E-state index in [1.54, 1.807) is 0 Å². The van der Waals surface area contributed by atoms with Crippen LogP contribution in [0.3, 0.4) is 0 Å². The average Bonchev–Trinajstić information content (AvgIpc) is 2.99. The SMILES string of the molecule is NCCc1nc2c(c(C3CCSC3)n1)CCO2. The summed E-state index contributed by atoms with van der Waals surface area (Å²) in [6.45, 7) is 1.35. The molecule has 0 spiro atoms. The first-order chi connectivity index (χ1) is 8.38. The van der Waals surface area contributed by atoms with E-state index in [0.29, 0.717) is 12.5 Å². The summed E-state index contributed by atoms with van der Waals surface area (Å²) < 4.78 is 5.59. The quantitative estimate of drug-likeness (QED) is 0.872. The zero-order valence-corrected chi connectivity index (χ0v) is 10.6. The molecule has 1 unspecified atom stereocenters. The molecule has 0 radical (unpaired) electrons. The van der Waals surface area contributed by atoms with Crippen LogP contribution in [0.25, 0.3) is 0 Å². The first-order valence-corrected chi connectivity index (χ1v) is 7.34. The van der Waals surface area contributed by atoms with Gasteiger partial charge >= 0.3 is 0 Å². The largest absolute Gasteiger partial charge is 0.477 e. The Morgan fingerprint density at radius 3 is 3.12 bits per heavy atom. The lowest BCUT2D eigenvalue weighted by atomic mass is 9.99. The minimum atomic E-state index is 0.593. The monoisotopic (exact) mass is 251 g/mol. The predicted molar refractivity (Wildman–Crippen MR) is 68.7 cm³/mol. The highest BCUT2D eigenvalue weighted by Crippen LogP contribution is 2.37. The van der Waals surface area contributed by atoms with Crippen LogP contribution < -0.4 is 10.5 Å². The maximum atomic E-state index is 5.59. The summed E-state index contributed by atoms with van der Waals surface area (Å²) in [5.74, 6) is 4.69. The molecule has 1 aromatic rings. The van der Waals surface area contributed by atoms with E-state index in [0.717, 1.165) is 31.2 Å². The number of fused-ring (bicyclic) bond motifs is 1. The Morgan fingerprint density at radius 2 is 2.35 bits per heavy atom. The van der Waals surface area contributed by atoms with Gasteiger partial charge < -0.3 is 10.5 Å². The average molecular weight is 251 g/mol. The first kappa shape index (κ1) is 11.3. The van der Waals surface area contributed by atoms with Crippen molar-refractivity contribution in [2.24, 2.45) is 5.73 Å². The summed E-state index contributed by atoms with van der Waals surface area (Å²) in [5, 5.41) is 0. The van der Waals surface area contributed by atoms with Gasteiger partial charge in [-0.1, -0.05) is 0 Å². The number of nitrogens with zero attached hydrogens (tertiary/aromatic N) is 2. The molecule has 17 heavy (non-hydrogen) atoms. The number of rotatable bonds is 3. The summed E-state index contributed by atoms with van der Waals surface area (Å²) in [5.41, 5.74) is 8.07. The highest BCUT2D eigenvalue weighted by atomic mass is 32.2. The van der Waals surface area contributed by atoms with E-state index in [-0.39, 0.29) is 0 Å². The minimum absolute atomic E-state index is 0.593. The summed E-state index contributed by atoms with van der Waals surface area (Å²) in [6, 6.07) is 0. The smallest absolute Gasteiger partial charge is 0.220 e. The van der Waals surface area contributed by atoms with Gasteiger partial charge in [0.2, 0.25) is 5.88 Å². The molecule has 0 aromatic carbocycles. The Labute approximate surface area is 105 Å². The maximum absolute atomic E-state index is 5.59. The van der Waals surface area contributed by atoms with Crippen molar-refractivity contribution < 1.29 is 4.74 Å². The molecule has 0 bridgehead atoms. The Hall–Kier alpha value is -0.810. The molecule has 3 rings (SSSR count). The lowest BCUT2D eigenvalue weighted by Crippen LogP contribution is -2.11. The van der Waals surface area contributed by atoms with Crippen LogP contribution in [0.2, 0.25) is 0 Å². The second-order valence-corrected chi connectivity index (χ2v) is 5.66. The molecule has 0 aliphatic carbocycles. The topological polar surface area (TPSA) is 61.0 Å². The highest BCUT2D eigenvalue weighted by Gasteiger charge is 2.27. The fourth-order valence-corrected chi connectivity index (χ4v) is 3.69. The molecule has 5 heteroatoms. The predicted octanol–water partition coefficient (Wildman–Crippen LogP) is 1.13. The summed E-state index contributed by atoms with van der Waals surface area (Å²) >= 11 is 2.02. The summed E-state index contributed by atoms with van der Waals surface area (Å²) in [6.07, 6.45) is 2.94. The van der Waals surface area contributed by atoms with Gasteiger partial charge in [0.25, 0.3) is 0 Å². The van der Waals surface area contributed by atoms with Gasteiger partial charge in [-0.2, -0.15) is 16.7 Å². The first-order valence-electron chi connectivity index (χ1n) is 6.19. The van der Waals surface area contributed by atoms with Crippen LogP contribution in [0.4, 0.5) is 0 Å². The van der Waals surface area contributed by atoms with Crippen molar-refractivity contribution in [2.75, 3.05) is 24.7 Å². The van der Waals surface area contributed by atoms with E-state index < -0.39 is 0 Å². The number of thioether (sulfide) groups is 1. The molecule has 1 aromatic heterocycles. The molecule has 92 valence electrons. The third-order valence-corrected chi connectivity index (χ3v) is 4.49. The van der Waals surface area contributed by atoms with Crippen molar-refractivity contribution in [2.45, 2.75) is 25.2 Å². The van der Waals surface area contributed by atoms with Gasteiger partial charge in [0.05, 0.1) is 12.3 Å². The van der Waals surface area contributed by atoms with Gasteiger partial charge in [-0.25, -0.2) is 4.98 Å². The molecular formula is C12H17N3OS. The number of aromatic nitrogens is 2. The maximum Gasteiger partial charge on any atom is 0.220 e. The molecular weight excluding hydrogens is 234 g/mol. The highest BCUT2D eigenvalue weighted by molar-refractivity contribution is 7.99. The molecule has 4 nitrogen and oxygen atoms in total. The standard InChI is InChI=1S/C12H17N3OS/c13-4-1-10-14-11(8-3-6-17-7-8)9-2-5-16-12(9)15-10/h8H,1-7,13H2. The van der Waals surface area contributed by atoms with Gasteiger partial charge in [0, 0.05) is 30.1 Å². The summed E-state index contributed by atoms with van der Waals surface area (Å²) in [7, 11) is 0. The van der Waals surface area contributed by atoms with E-state index in [4.69, 9.17) is 15.5 Å².